The Kier molecular flexibility index (Phi) is 8.77. The molecule has 0 heterocycles. The minimum absolute atomic E-state index is 0.0417. The van der Waals surface area contributed by atoms with Crippen molar-refractivity contribution in [2.24, 2.45) is 0 Å². The van der Waals surface area contributed by atoms with E-state index in [2.05, 4.69) is 0 Å². The third-order valence-electron chi connectivity index (χ3n) is 0.712. The van der Waals surface area contributed by atoms with E-state index >= 15 is 0 Å². The van der Waals surface area contributed by atoms with E-state index in [9.17, 15) is 0 Å². The highest BCUT2D eigenvalue weighted by atomic mass is 16.5. The van der Waals surface area contributed by atoms with Crippen LogP contribution in [0.25, 0.3) is 0 Å². The molecule has 0 unspecified atom stereocenters. The van der Waals surface area contributed by atoms with E-state index in [0.717, 1.165) is 0 Å². The first-order chi connectivity index (χ1) is 4.47. The van der Waals surface area contributed by atoms with Gasteiger partial charge < -0.3 is 14.9 Å². The molecule has 2 N–H and O–H groups in total. The van der Waals surface area contributed by atoms with Gasteiger partial charge in [0.05, 0.1) is 18.8 Å². The van der Waals surface area contributed by atoms with E-state index in [1.165, 1.54) is 0 Å². The van der Waals surface area contributed by atoms with Gasteiger partial charge in [0.25, 0.3) is 0 Å². The van der Waals surface area contributed by atoms with Crippen LogP contribution in [-0.4, -0.2) is 36.1 Å². The number of aliphatic hydroxyl groups is 2. The summed E-state index contributed by atoms with van der Waals surface area (Å²) >= 11 is 0. The molecule has 0 aromatic heterocycles. The summed E-state index contributed by atoms with van der Waals surface area (Å²) < 4.78 is 4.94. The molecule has 0 aliphatic heterocycles. The first-order valence-corrected chi connectivity index (χ1v) is 3.24. The van der Waals surface area contributed by atoms with Crippen molar-refractivity contribution >= 4 is 0 Å². The van der Waals surface area contributed by atoms with Crippen LogP contribution in [0.1, 0.15) is 20.8 Å². The summed E-state index contributed by atoms with van der Waals surface area (Å²) in [5.74, 6) is 0. The molecule has 10 heavy (non-hydrogen) atoms. The fraction of sp³-hybridized carbons (Fsp3) is 1.00. The highest BCUT2D eigenvalue weighted by molar-refractivity contribution is 4.55. The maximum atomic E-state index is 7.62. The van der Waals surface area contributed by atoms with E-state index in [1.807, 2.05) is 20.8 Å². The Morgan fingerprint density at radius 2 is 1.30 bits per heavy atom. The Balaban J connectivity index is 0. The normalized spacial score (nSPS) is 10.2. The number of hydrogen-bond acceptors (Lipinski definition) is 3. The van der Waals surface area contributed by atoms with Gasteiger partial charge in [-0.15, -0.1) is 0 Å². The first kappa shape index (κ1) is 12.5. The van der Waals surface area contributed by atoms with Crippen molar-refractivity contribution in [3.05, 3.63) is 0 Å². The molecule has 3 nitrogen and oxygen atoms in total. The third-order valence-corrected chi connectivity index (χ3v) is 0.712. The van der Waals surface area contributed by atoms with Gasteiger partial charge in [-0.3, -0.25) is 0 Å². The van der Waals surface area contributed by atoms with Gasteiger partial charge in [0.15, 0.2) is 0 Å². The van der Waals surface area contributed by atoms with Crippen LogP contribution in [0.15, 0.2) is 0 Å². The van der Waals surface area contributed by atoms with Crippen LogP contribution in [0.3, 0.4) is 0 Å². The second-order valence-corrected chi connectivity index (χ2v) is 2.76. The van der Waals surface area contributed by atoms with E-state index in [1.54, 1.807) is 7.11 Å². The van der Waals surface area contributed by atoms with Crippen LogP contribution in [0.5, 0.6) is 0 Å². The van der Waals surface area contributed by atoms with E-state index in [-0.39, 0.29) is 18.8 Å². The Bertz CT molecular complexity index is 54.4. The fourth-order valence-electron chi connectivity index (χ4n) is 0. The van der Waals surface area contributed by atoms with Gasteiger partial charge in [-0.2, -0.15) is 0 Å². The predicted molar refractivity (Wildman–Crippen MR) is 40.9 cm³/mol. The Morgan fingerprint density at radius 3 is 1.30 bits per heavy atom. The zero-order valence-electron chi connectivity index (χ0n) is 7.22. The lowest BCUT2D eigenvalue weighted by Crippen LogP contribution is -2.15. The zero-order chi connectivity index (χ0) is 8.62. The SMILES string of the molecule is COC(C)(C)C.OCCO. The topological polar surface area (TPSA) is 49.7 Å². The van der Waals surface area contributed by atoms with Crippen LogP contribution >= 0.6 is 0 Å². The second kappa shape index (κ2) is 6.99. The summed E-state index contributed by atoms with van der Waals surface area (Å²) in [6, 6.07) is 0. The third kappa shape index (κ3) is 24.8. The number of ether oxygens (including phenoxy) is 1. The highest BCUT2D eigenvalue weighted by Crippen LogP contribution is 2.02. The Labute approximate surface area is 62.6 Å². The van der Waals surface area contributed by atoms with Gasteiger partial charge in [0, 0.05) is 7.11 Å². The Morgan fingerprint density at radius 1 is 1.10 bits per heavy atom. The van der Waals surface area contributed by atoms with Gasteiger partial charge >= 0.3 is 0 Å². The van der Waals surface area contributed by atoms with E-state index < -0.39 is 0 Å². The minimum Gasteiger partial charge on any atom is -0.394 e. The molecule has 0 aromatic rings. The molecular weight excluding hydrogens is 132 g/mol. The molecule has 0 atom stereocenters. The average Bonchev–Trinajstić information content (AvgIpc) is 1.87. The van der Waals surface area contributed by atoms with Gasteiger partial charge in [-0.1, -0.05) is 0 Å². The van der Waals surface area contributed by atoms with Gasteiger partial charge in [0.2, 0.25) is 0 Å². The molecular formula is C7H18O3. The summed E-state index contributed by atoms with van der Waals surface area (Å²) in [4.78, 5) is 0. The minimum atomic E-state index is -0.125. The quantitative estimate of drug-likeness (QED) is 0.569. The molecule has 0 fully saturated rings. The summed E-state index contributed by atoms with van der Waals surface area (Å²) in [6.07, 6.45) is 0. The lowest BCUT2D eigenvalue weighted by Gasteiger charge is -2.14. The van der Waals surface area contributed by atoms with E-state index in [4.69, 9.17) is 14.9 Å². The number of aliphatic hydroxyl groups excluding tert-OH is 2. The molecule has 0 aliphatic rings. The maximum absolute atomic E-state index is 7.62. The lowest BCUT2D eigenvalue weighted by atomic mass is 10.2. The van der Waals surface area contributed by atoms with Gasteiger partial charge in [-0.25, -0.2) is 0 Å². The van der Waals surface area contributed by atoms with Gasteiger partial charge in [0.1, 0.15) is 0 Å². The van der Waals surface area contributed by atoms with E-state index in [0.29, 0.717) is 0 Å². The number of rotatable bonds is 1. The Hall–Kier alpha value is -0.120. The molecule has 0 saturated carbocycles. The van der Waals surface area contributed by atoms with Crippen molar-refractivity contribution in [1.29, 1.82) is 0 Å². The van der Waals surface area contributed by atoms with Crippen molar-refractivity contribution in [3.8, 4) is 0 Å². The number of hydrogen-bond donors (Lipinski definition) is 2. The van der Waals surface area contributed by atoms with Crippen molar-refractivity contribution < 1.29 is 14.9 Å². The lowest BCUT2D eigenvalue weighted by molar-refractivity contribution is 0.0397. The maximum Gasteiger partial charge on any atom is 0.0662 e. The fourth-order valence-corrected chi connectivity index (χ4v) is 0. The van der Waals surface area contributed by atoms with Crippen LogP contribution < -0.4 is 0 Å². The molecule has 64 valence electrons. The molecule has 0 spiro atoms. The first-order valence-electron chi connectivity index (χ1n) is 3.24. The van der Waals surface area contributed by atoms with Crippen LogP contribution in [0, 0.1) is 0 Å². The van der Waals surface area contributed by atoms with Crippen molar-refractivity contribution in [1.82, 2.24) is 0 Å². The van der Waals surface area contributed by atoms with Crippen LogP contribution in [0.4, 0.5) is 0 Å². The number of methoxy groups -OCH3 is 1. The largest absolute Gasteiger partial charge is 0.394 e. The molecule has 0 radical (unpaired) electrons. The zero-order valence-corrected chi connectivity index (χ0v) is 7.22. The summed E-state index contributed by atoms with van der Waals surface area (Å²) in [7, 11) is 1.71. The predicted octanol–water partition coefficient (Wildman–Crippen LogP) is 0.402. The summed E-state index contributed by atoms with van der Waals surface area (Å²) in [5, 5.41) is 15.2. The van der Waals surface area contributed by atoms with Crippen molar-refractivity contribution in [2.45, 2.75) is 26.4 Å². The molecule has 0 saturated heterocycles. The molecule has 0 rings (SSSR count). The molecule has 0 bridgehead atoms. The summed E-state index contributed by atoms with van der Waals surface area (Å²) in [5.41, 5.74) is 0.0417. The monoisotopic (exact) mass is 150 g/mol. The van der Waals surface area contributed by atoms with Crippen LogP contribution in [-0.2, 0) is 4.74 Å². The van der Waals surface area contributed by atoms with Crippen molar-refractivity contribution in [2.75, 3.05) is 20.3 Å². The second-order valence-electron chi connectivity index (χ2n) is 2.76. The molecule has 0 amide bonds. The smallest absolute Gasteiger partial charge is 0.0662 e. The highest BCUT2D eigenvalue weighted by Gasteiger charge is 2.03. The van der Waals surface area contributed by atoms with Crippen molar-refractivity contribution in [3.63, 3.8) is 0 Å². The average molecular weight is 150 g/mol. The molecule has 0 aromatic carbocycles. The molecule has 0 aliphatic carbocycles. The van der Waals surface area contributed by atoms with Crippen LogP contribution in [0.2, 0.25) is 0 Å². The molecule has 3 heteroatoms. The summed E-state index contributed by atoms with van der Waals surface area (Å²) in [6.45, 7) is 5.81. The van der Waals surface area contributed by atoms with Gasteiger partial charge in [-0.05, 0) is 20.8 Å². The standard InChI is InChI=1S/C5H12O.C2H6O2/c1-5(2,3)6-4;3-1-2-4/h1-4H3;3-4H,1-2H2.